The Hall–Kier alpha value is -2.90. The van der Waals surface area contributed by atoms with Crippen LogP contribution in [0.25, 0.3) is 0 Å². The molecule has 1 aromatic carbocycles. The summed E-state index contributed by atoms with van der Waals surface area (Å²) in [5.74, 6) is -1.27. The summed E-state index contributed by atoms with van der Waals surface area (Å²) in [5, 5.41) is 24.2. The van der Waals surface area contributed by atoms with Gasteiger partial charge in [-0.05, 0) is 25.5 Å². The highest BCUT2D eigenvalue weighted by Gasteiger charge is 2.24. The number of nitrogens with zero attached hydrogens (tertiary/aromatic N) is 3. The van der Waals surface area contributed by atoms with Crippen LogP contribution >= 0.6 is 0 Å². The summed E-state index contributed by atoms with van der Waals surface area (Å²) in [7, 11) is 1.51. The van der Waals surface area contributed by atoms with Crippen LogP contribution in [-0.2, 0) is 7.05 Å². The van der Waals surface area contributed by atoms with Gasteiger partial charge < -0.3 is 9.84 Å². The van der Waals surface area contributed by atoms with Crippen molar-refractivity contribution in [2.45, 2.75) is 13.8 Å². The van der Waals surface area contributed by atoms with Crippen LogP contribution < -0.4 is 4.74 Å². The van der Waals surface area contributed by atoms with Crippen molar-refractivity contribution in [2.75, 3.05) is 0 Å². The van der Waals surface area contributed by atoms with Gasteiger partial charge in [0.25, 0.3) is 0 Å². The Labute approximate surface area is 119 Å². The van der Waals surface area contributed by atoms with E-state index >= 15 is 0 Å². The fourth-order valence-electron chi connectivity index (χ4n) is 1.96. The molecule has 8 nitrogen and oxygen atoms in total. The first-order chi connectivity index (χ1) is 9.81. The number of nitro groups is 1. The van der Waals surface area contributed by atoms with Crippen molar-refractivity contribution in [2.24, 2.45) is 7.05 Å². The maximum absolute atomic E-state index is 11.3. The van der Waals surface area contributed by atoms with Gasteiger partial charge in [-0.15, -0.1) is 0 Å². The summed E-state index contributed by atoms with van der Waals surface area (Å²) < 4.78 is 6.71. The normalized spacial score (nSPS) is 10.4. The lowest BCUT2D eigenvalue weighted by Gasteiger charge is -2.08. The lowest BCUT2D eigenvalue weighted by Crippen LogP contribution is -2.03. The Bertz CT molecular complexity index is 736. The molecular weight excluding hydrogens is 278 g/mol. The number of benzene rings is 1. The number of ether oxygens (including phenoxy) is 1. The van der Waals surface area contributed by atoms with Crippen molar-refractivity contribution in [1.82, 2.24) is 9.78 Å². The second kappa shape index (κ2) is 5.23. The fourth-order valence-corrected chi connectivity index (χ4v) is 1.96. The Morgan fingerprint density at radius 1 is 1.43 bits per heavy atom. The number of aryl methyl sites for hydroxylation is 3. The highest BCUT2D eigenvalue weighted by Crippen LogP contribution is 2.34. The number of nitro benzene ring substituents is 1. The molecule has 0 aliphatic heterocycles. The minimum Gasteiger partial charge on any atom is -0.477 e. The van der Waals surface area contributed by atoms with Crippen molar-refractivity contribution < 1.29 is 19.6 Å². The molecule has 0 saturated carbocycles. The quantitative estimate of drug-likeness (QED) is 0.684. The number of aromatic nitrogens is 2. The first-order valence-corrected chi connectivity index (χ1v) is 6.01. The van der Waals surface area contributed by atoms with E-state index in [4.69, 9.17) is 4.74 Å². The topological polar surface area (TPSA) is 107 Å². The van der Waals surface area contributed by atoms with Crippen molar-refractivity contribution >= 4 is 11.7 Å². The largest absolute Gasteiger partial charge is 0.477 e. The number of rotatable bonds is 4. The van der Waals surface area contributed by atoms with E-state index in [2.05, 4.69) is 5.10 Å². The number of hydrogen-bond donors (Lipinski definition) is 1. The van der Waals surface area contributed by atoms with Gasteiger partial charge in [0, 0.05) is 13.1 Å². The predicted octanol–water partition coefficient (Wildman–Crippen LogP) is 2.44. The lowest BCUT2D eigenvalue weighted by atomic mass is 10.2. The van der Waals surface area contributed by atoms with Crippen LogP contribution in [-0.4, -0.2) is 25.8 Å². The molecule has 0 amide bonds. The molecule has 0 radical (unpaired) electrons. The van der Waals surface area contributed by atoms with Crippen molar-refractivity contribution in [3.05, 3.63) is 45.1 Å². The molecule has 0 spiro atoms. The van der Waals surface area contributed by atoms with Gasteiger partial charge in [-0.3, -0.25) is 10.1 Å². The average Bonchev–Trinajstić information content (AvgIpc) is 2.63. The van der Waals surface area contributed by atoms with Crippen LogP contribution in [0.3, 0.4) is 0 Å². The molecule has 0 aliphatic rings. The molecule has 0 fully saturated rings. The summed E-state index contributed by atoms with van der Waals surface area (Å²) in [5.41, 5.74) is 0.672. The highest BCUT2D eigenvalue weighted by molar-refractivity contribution is 5.91. The standard InChI is InChI=1S/C13H13N3O5/c1-7-4-5-9(16(19)20)10(6-7)21-12-11(13(17)18)8(2)14-15(12)3/h4-6H,1-3H3,(H,17,18). The van der Waals surface area contributed by atoms with Gasteiger partial charge in [0.2, 0.25) is 11.6 Å². The summed E-state index contributed by atoms with van der Waals surface area (Å²) in [6, 6.07) is 4.37. The summed E-state index contributed by atoms with van der Waals surface area (Å²) >= 11 is 0. The zero-order chi connectivity index (χ0) is 15.7. The van der Waals surface area contributed by atoms with E-state index in [9.17, 15) is 20.0 Å². The van der Waals surface area contributed by atoms with Crippen LogP contribution in [0.1, 0.15) is 21.6 Å². The highest BCUT2D eigenvalue weighted by atomic mass is 16.6. The zero-order valence-electron chi connectivity index (χ0n) is 11.7. The molecule has 0 aliphatic carbocycles. The summed E-state index contributed by atoms with van der Waals surface area (Å²) in [4.78, 5) is 21.7. The molecule has 0 bridgehead atoms. The van der Waals surface area contributed by atoms with Crippen molar-refractivity contribution in [3.8, 4) is 11.6 Å². The molecule has 1 N–H and O–H groups in total. The number of hydrogen-bond acceptors (Lipinski definition) is 5. The number of carboxylic acids is 1. The first kappa shape index (κ1) is 14.5. The third kappa shape index (κ3) is 2.69. The molecule has 2 aromatic rings. The molecule has 1 aromatic heterocycles. The van der Waals surface area contributed by atoms with E-state index in [0.29, 0.717) is 0 Å². The summed E-state index contributed by atoms with van der Waals surface area (Å²) in [6.07, 6.45) is 0. The number of carbonyl (C=O) groups is 1. The second-order valence-electron chi connectivity index (χ2n) is 4.52. The Kier molecular flexibility index (Phi) is 3.62. The first-order valence-electron chi connectivity index (χ1n) is 6.01. The molecule has 0 atom stereocenters. The maximum atomic E-state index is 11.3. The fraction of sp³-hybridized carbons (Fsp3) is 0.231. The van der Waals surface area contributed by atoms with E-state index in [1.54, 1.807) is 13.0 Å². The summed E-state index contributed by atoms with van der Waals surface area (Å²) in [6.45, 7) is 3.28. The lowest BCUT2D eigenvalue weighted by molar-refractivity contribution is -0.385. The molecule has 2 rings (SSSR count). The molecule has 0 unspecified atom stereocenters. The minimum atomic E-state index is -1.20. The maximum Gasteiger partial charge on any atom is 0.343 e. The Balaban J connectivity index is 2.55. The van der Waals surface area contributed by atoms with E-state index in [1.807, 2.05) is 0 Å². The van der Waals surface area contributed by atoms with Gasteiger partial charge in [-0.25, -0.2) is 9.48 Å². The SMILES string of the molecule is Cc1ccc([N+](=O)[O-])c(Oc2c(C(=O)O)c(C)nn2C)c1. The van der Waals surface area contributed by atoms with Gasteiger partial charge >= 0.3 is 11.7 Å². The van der Waals surface area contributed by atoms with Gasteiger partial charge in [-0.1, -0.05) is 6.07 Å². The van der Waals surface area contributed by atoms with E-state index in [0.717, 1.165) is 5.56 Å². The Morgan fingerprint density at radius 3 is 2.67 bits per heavy atom. The third-order valence-corrected chi connectivity index (χ3v) is 2.90. The third-order valence-electron chi connectivity index (χ3n) is 2.90. The van der Waals surface area contributed by atoms with Crippen LogP contribution in [0.15, 0.2) is 18.2 Å². The number of aromatic carboxylic acids is 1. The molecular formula is C13H13N3O5. The van der Waals surface area contributed by atoms with Crippen LogP contribution in [0.5, 0.6) is 11.6 Å². The number of carboxylic acid groups (broad SMARTS) is 1. The Morgan fingerprint density at radius 2 is 2.10 bits per heavy atom. The van der Waals surface area contributed by atoms with E-state index in [-0.39, 0.29) is 28.6 Å². The second-order valence-corrected chi connectivity index (χ2v) is 4.52. The van der Waals surface area contributed by atoms with Crippen LogP contribution in [0.2, 0.25) is 0 Å². The molecule has 0 saturated heterocycles. The van der Waals surface area contributed by atoms with Gasteiger partial charge in [-0.2, -0.15) is 5.10 Å². The van der Waals surface area contributed by atoms with Crippen molar-refractivity contribution in [3.63, 3.8) is 0 Å². The molecule has 8 heteroatoms. The van der Waals surface area contributed by atoms with Crippen LogP contribution in [0, 0.1) is 24.0 Å². The van der Waals surface area contributed by atoms with Gasteiger partial charge in [0.15, 0.2) is 0 Å². The average molecular weight is 291 g/mol. The van der Waals surface area contributed by atoms with Crippen molar-refractivity contribution in [1.29, 1.82) is 0 Å². The van der Waals surface area contributed by atoms with Crippen LogP contribution in [0.4, 0.5) is 5.69 Å². The molecule has 21 heavy (non-hydrogen) atoms. The smallest absolute Gasteiger partial charge is 0.343 e. The van der Waals surface area contributed by atoms with E-state index in [1.165, 1.54) is 30.8 Å². The van der Waals surface area contributed by atoms with Gasteiger partial charge in [0.1, 0.15) is 5.56 Å². The molecule has 110 valence electrons. The molecule has 1 heterocycles. The monoisotopic (exact) mass is 291 g/mol. The van der Waals surface area contributed by atoms with E-state index < -0.39 is 10.9 Å². The predicted molar refractivity (Wildman–Crippen MR) is 72.8 cm³/mol. The minimum absolute atomic E-state index is 0.0227. The van der Waals surface area contributed by atoms with Gasteiger partial charge in [0.05, 0.1) is 10.6 Å². The zero-order valence-corrected chi connectivity index (χ0v) is 11.7.